The minimum absolute atomic E-state index is 0.0488. The second-order valence-electron chi connectivity index (χ2n) is 4.95. The smallest absolute Gasteiger partial charge is 0.260 e. The Morgan fingerprint density at radius 1 is 1.43 bits per heavy atom. The van der Waals surface area contributed by atoms with Crippen molar-refractivity contribution in [2.24, 2.45) is 10.9 Å². The van der Waals surface area contributed by atoms with E-state index >= 15 is 0 Å². The molecular weight excluding hydrogens is 270 g/mol. The quantitative estimate of drug-likeness (QED) is 0.347. The number of hydrogen-bond acceptors (Lipinski definition) is 4. The maximum absolute atomic E-state index is 12.2. The first-order chi connectivity index (χ1) is 10.0. The SMILES string of the molecule is CCCN(C(=O)COc1ccccc1/C(N)=N/O)C(C)C. The van der Waals surface area contributed by atoms with Crippen LogP contribution in [0.1, 0.15) is 32.8 Å². The fourth-order valence-corrected chi connectivity index (χ4v) is 1.99. The Labute approximate surface area is 125 Å². The van der Waals surface area contributed by atoms with E-state index in [2.05, 4.69) is 5.16 Å². The summed E-state index contributed by atoms with van der Waals surface area (Å²) >= 11 is 0. The highest BCUT2D eigenvalue weighted by atomic mass is 16.5. The standard InChI is InChI=1S/C15H23N3O3/c1-4-9-18(11(2)3)14(19)10-21-13-8-6-5-7-12(13)15(16)17-20/h5-8,11,20H,4,9-10H2,1-3H3,(H2,16,17). The Morgan fingerprint density at radius 2 is 2.10 bits per heavy atom. The molecule has 6 heteroatoms. The molecule has 6 nitrogen and oxygen atoms in total. The van der Waals surface area contributed by atoms with Gasteiger partial charge in [0.25, 0.3) is 5.91 Å². The average molecular weight is 293 g/mol. The molecule has 3 N–H and O–H groups in total. The molecule has 0 atom stereocenters. The van der Waals surface area contributed by atoms with Crippen LogP contribution in [0.3, 0.4) is 0 Å². The van der Waals surface area contributed by atoms with E-state index in [1.165, 1.54) is 0 Å². The van der Waals surface area contributed by atoms with E-state index in [1.54, 1.807) is 29.2 Å². The predicted molar refractivity (Wildman–Crippen MR) is 81.6 cm³/mol. The van der Waals surface area contributed by atoms with Crippen LogP contribution >= 0.6 is 0 Å². The van der Waals surface area contributed by atoms with Crippen molar-refractivity contribution < 1.29 is 14.7 Å². The van der Waals surface area contributed by atoms with Crippen molar-refractivity contribution in [3.63, 3.8) is 0 Å². The molecule has 0 heterocycles. The second-order valence-corrected chi connectivity index (χ2v) is 4.95. The molecule has 21 heavy (non-hydrogen) atoms. The third-order valence-electron chi connectivity index (χ3n) is 3.03. The summed E-state index contributed by atoms with van der Waals surface area (Å²) in [6, 6.07) is 6.99. The molecule has 0 spiro atoms. The first-order valence-electron chi connectivity index (χ1n) is 7.00. The minimum atomic E-state index is -0.0823. The second kappa shape index (κ2) is 8.14. The van der Waals surface area contributed by atoms with Gasteiger partial charge in [-0.2, -0.15) is 0 Å². The van der Waals surface area contributed by atoms with Gasteiger partial charge in [0.15, 0.2) is 12.4 Å². The topological polar surface area (TPSA) is 88.2 Å². The van der Waals surface area contributed by atoms with Gasteiger partial charge in [0, 0.05) is 12.6 Å². The molecule has 0 saturated heterocycles. The lowest BCUT2D eigenvalue weighted by Crippen LogP contribution is -2.40. The molecule has 0 saturated carbocycles. The highest BCUT2D eigenvalue weighted by Gasteiger charge is 2.17. The van der Waals surface area contributed by atoms with Crippen molar-refractivity contribution in [1.29, 1.82) is 0 Å². The molecule has 1 aromatic carbocycles. The number of oxime groups is 1. The summed E-state index contributed by atoms with van der Waals surface area (Å²) in [5, 5.41) is 11.7. The lowest BCUT2D eigenvalue weighted by Gasteiger charge is -2.26. The molecule has 1 amide bonds. The van der Waals surface area contributed by atoms with Gasteiger partial charge in [0.1, 0.15) is 5.75 Å². The van der Waals surface area contributed by atoms with Crippen molar-refractivity contribution in [3.05, 3.63) is 29.8 Å². The van der Waals surface area contributed by atoms with Gasteiger partial charge < -0.3 is 20.6 Å². The van der Waals surface area contributed by atoms with E-state index in [9.17, 15) is 4.79 Å². The van der Waals surface area contributed by atoms with Crippen LogP contribution in [0.15, 0.2) is 29.4 Å². The van der Waals surface area contributed by atoms with E-state index < -0.39 is 0 Å². The Bertz CT molecular complexity index is 501. The lowest BCUT2D eigenvalue weighted by atomic mass is 10.2. The van der Waals surface area contributed by atoms with Gasteiger partial charge >= 0.3 is 0 Å². The summed E-state index contributed by atoms with van der Waals surface area (Å²) in [6.07, 6.45) is 0.893. The predicted octanol–water partition coefficient (Wildman–Crippen LogP) is 1.81. The summed E-state index contributed by atoms with van der Waals surface area (Å²) in [5.41, 5.74) is 6.04. The monoisotopic (exact) mass is 293 g/mol. The molecule has 0 aliphatic carbocycles. The van der Waals surface area contributed by atoms with Gasteiger partial charge in [-0.25, -0.2) is 0 Å². The molecule has 0 bridgehead atoms. The summed E-state index contributed by atoms with van der Waals surface area (Å²) in [6.45, 7) is 6.59. The lowest BCUT2D eigenvalue weighted by molar-refractivity contribution is -0.135. The number of benzene rings is 1. The van der Waals surface area contributed by atoms with Crippen LogP contribution < -0.4 is 10.5 Å². The zero-order valence-corrected chi connectivity index (χ0v) is 12.7. The van der Waals surface area contributed by atoms with Gasteiger partial charge in [-0.3, -0.25) is 4.79 Å². The zero-order valence-electron chi connectivity index (χ0n) is 12.7. The van der Waals surface area contributed by atoms with Crippen LogP contribution in [0.5, 0.6) is 5.75 Å². The number of para-hydroxylation sites is 1. The Hall–Kier alpha value is -2.24. The summed E-state index contributed by atoms with van der Waals surface area (Å²) in [4.78, 5) is 14.0. The number of carbonyl (C=O) groups excluding carboxylic acids is 1. The molecule has 1 rings (SSSR count). The average Bonchev–Trinajstić information content (AvgIpc) is 2.49. The number of ether oxygens (including phenoxy) is 1. The number of rotatable bonds is 7. The van der Waals surface area contributed by atoms with E-state index in [1.807, 2.05) is 20.8 Å². The van der Waals surface area contributed by atoms with Crippen molar-refractivity contribution in [3.8, 4) is 5.75 Å². The van der Waals surface area contributed by atoms with Crippen molar-refractivity contribution in [2.75, 3.05) is 13.2 Å². The zero-order chi connectivity index (χ0) is 15.8. The highest BCUT2D eigenvalue weighted by Crippen LogP contribution is 2.17. The number of hydrogen-bond donors (Lipinski definition) is 2. The molecule has 0 aromatic heterocycles. The van der Waals surface area contributed by atoms with Crippen LogP contribution in [-0.2, 0) is 4.79 Å². The minimum Gasteiger partial charge on any atom is -0.483 e. The number of carbonyl (C=O) groups is 1. The van der Waals surface area contributed by atoms with E-state index in [0.717, 1.165) is 6.42 Å². The first kappa shape index (κ1) is 16.8. The molecule has 1 aromatic rings. The molecule has 116 valence electrons. The van der Waals surface area contributed by atoms with Gasteiger partial charge in [0.2, 0.25) is 0 Å². The van der Waals surface area contributed by atoms with Crippen molar-refractivity contribution >= 4 is 11.7 Å². The van der Waals surface area contributed by atoms with Gasteiger partial charge in [-0.15, -0.1) is 0 Å². The maximum Gasteiger partial charge on any atom is 0.260 e. The number of nitrogens with two attached hydrogens (primary N) is 1. The van der Waals surface area contributed by atoms with E-state index in [-0.39, 0.29) is 24.4 Å². The summed E-state index contributed by atoms with van der Waals surface area (Å²) in [7, 11) is 0. The van der Waals surface area contributed by atoms with E-state index in [4.69, 9.17) is 15.7 Å². The number of amides is 1. The molecule has 0 aliphatic heterocycles. The summed E-state index contributed by atoms with van der Waals surface area (Å²) < 4.78 is 5.54. The fraction of sp³-hybridized carbons (Fsp3) is 0.467. The normalized spacial score (nSPS) is 11.5. The van der Waals surface area contributed by atoms with Crippen molar-refractivity contribution in [2.45, 2.75) is 33.2 Å². The van der Waals surface area contributed by atoms with Crippen molar-refractivity contribution in [1.82, 2.24) is 4.90 Å². The fourth-order valence-electron chi connectivity index (χ4n) is 1.99. The Balaban J connectivity index is 2.77. The Kier molecular flexibility index (Phi) is 6.52. The van der Waals surface area contributed by atoms with Crippen LogP contribution in [0.25, 0.3) is 0 Å². The third kappa shape index (κ3) is 4.66. The number of nitrogens with zero attached hydrogens (tertiary/aromatic N) is 2. The van der Waals surface area contributed by atoms with Gasteiger partial charge in [-0.05, 0) is 32.4 Å². The van der Waals surface area contributed by atoms with Gasteiger partial charge in [-0.1, -0.05) is 24.2 Å². The maximum atomic E-state index is 12.2. The van der Waals surface area contributed by atoms with Crippen LogP contribution in [0.2, 0.25) is 0 Å². The molecule has 0 unspecified atom stereocenters. The molecule has 0 radical (unpaired) electrons. The van der Waals surface area contributed by atoms with Crippen LogP contribution in [0.4, 0.5) is 0 Å². The molecule has 0 aliphatic rings. The first-order valence-corrected chi connectivity index (χ1v) is 7.00. The van der Waals surface area contributed by atoms with E-state index in [0.29, 0.717) is 17.9 Å². The highest BCUT2D eigenvalue weighted by molar-refractivity contribution is 5.99. The number of amidine groups is 1. The Morgan fingerprint density at radius 3 is 2.67 bits per heavy atom. The van der Waals surface area contributed by atoms with Gasteiger partial charge in [0.05, 0.1) is 5.56 Å². The molecule has 0 fully saturated rings. The largest absolute Gasteiger partial charge is 0.483 e. The summed E-state index contributed by atoms with van der Waals surface area (Å²) in [5.74, 6) is 0.287. The van der Waals surface area contributed by atoms with Crippen LogP contribution in [0, 0.1) is 0 Å². The molecular formula is C15H23N3O3. The van der Waals surface area contributed by atoms with Crippen LogP contribution in [-0.4, -0.2) is 41.0 Å². The third-order valence-corrected chi connectivity index (χ3v) is 3.03.